The van der Waals surface area contributed by atoms with Crippen molar-refractivity contribution in [2.45, 2.75) is 46.5 Å². The third-order valence-electron chi connectivity index (χ3n) is 3.29. The van der Waals surface area contributed by atoms with Gasteiger partial charge in [-0.25, -0.2) is 0 Å². The maximum Gasteiger partial charge on any atom is 0.0701 e. The molecule has 0 radical (unpaired) electrons. The molecule has 0 aromatic heterocycles. The Balaban J connectivity index is 3.25. The molecule has 0 aromatic carbocycles. The minimum absolute atomic E-state index is 0.387. The van der Waals surface area contributed by atoms with Crippen LogP contribution in [0.5, 0.6) is 0 Å². The van der Waals surface area contributed by atoms with E-state index in [1.165, 1.54) is 25.7 Å². The van der Waals surface area contributed by atoms with Crippen LogP contribution in [0, 0.1) is 5.41 Å². The average molecular weight is 289 g/mol. The largest absolute Gasteiger partial charge is 0.382 e. The van der Waals surface area contributed by atoms with E-state index in [1.807, 2.05) is 0 Å². The molecule has 122 valence electrons. The lowest BCUT2D eigenvalue weighted by molar-refractivity contribution is 0.0253. The van der Waals surface area contributed by atoms with Crippen molar-refractivity contribution in [3.05, 3.63) is 0 Å². The number of methoxy groups -OCH3 is 1. The Hall–Kier alpha value is -0.160. The highest BCUT2D eigenvalue weighted by Gasteiger charge is 2.16. The van der Waals surface area contributed by atoms with Gasteiger partial charge in [-0.1, -0.05) is 40.0 Å². The molecule has 0 aliphatic heterocycles. The molecular weight excluding hydrogens is 254 g/mol. The van der Waals surface area contributed by atoms with Crippen LogP contribution >= 0.6 is 0 Å². The van der Waals surface area contributed by atoms with Gasteiger partial charge in [0.25, 0.3) is 0 Å². The Morgan fingerprint density at radius 1 is 0.900 bits per heavy atom. The van der Waals surface area contributed by atoms with E-state index < -0.39 is 0 Å². The van der Waals surface area contributed by atoms with E-state index in [0.717, 1.165) is 19.7 Å². The summed E-state index contributed by atoms with van der Waals surface area (Å²) in [4.78, 5) is 0. The minimum Gasteiger partial charge on any atom is -0.382 e. The zero-order valence-electron chi connectivity index (χ0n) is 14.0. The summed E-state index contributed by atoms with van der Waals surface area (Å²) in [5.41, 5.74) is 0.387. The third-order valence-corrected chi connectivity index (χ3v) is 3.29. The van der Waals surface area contributed by atoms with Gasteiger partial charge >= 0.3 is 0 Å². The van der Waals surface area contributed by atoms with Crippen LogP contribution in [-0.4, -0.2) is 53.2 Å². The van der Waals surface area contributed by atoms with Crippen LogP contribution in [0.25, 0.3) is 0 Å². The molecular formula is C16H35NO3. The summed E-state index contributed by atoms with van der Waals surface area (Å²) in [5, 5.41) is 3.48. The van der Waals surface area contributed by atoms with Gasteiger partial charge in [0.2, 0.25) is 0 Å². The highest BCUT2D eigenvalue weighted by Crippen LogP contribution is 2.22. The van der Waals surface area contributed by atoms with Gasteiger partial charge in [-0.3, -0.25) is 0 Å². The highest BCUT2D eigenvalue weighted by atomic mass is 16.5. The number of ether oxygens (including phenoxy) is 3. The van der Waals surface area contributed by atoms with Crippen LogP contribution in [0.4, 0.5) is 0 Å². The maximum atomic E-state index is 5.50. The molecule has 0 fully saturated rings. The lowest BCUT2D eigenvalue weighted by atomic mass is 9.87. The third kappa shape index (κ3) is 14.3. The zero-order valence-corrected chi connectivity index (χ0v) is 14.0. The molecule has 0 aromatic rings. The van der Waals surface area contributed by atoms with Crippen molar-refractivity contribution in [1.82, 2.24) is 5.32 Å². The van der Waals surface area contributed by atoms with Gasteiger partial charge in [-0.05, 0) is 11.8 Å². The Labute approximate surface area is 125 Å². The van der Waals surface area contributed by atoms with Gasteiger partial charge in [-0.2, -0.15) is 0 Å². The van der Waals surface area contributed by atoms with E-state index in [-0.39, 0.29) is 0 Å². The zero-order chi connectivity index (χ0) is 15.1. The second-order valence-electron chi connectivity index (χ2n) is 6.02. The van der Waals surface area contributed by atoms with Gasteiger partial charge in [0.1, 0.15) is 0 Å². The monoisotopic (exact) mass is 289 g/mol. The van der Waals surface area contributed by atoms with Gasteiger partial charge in [0.15, 0.2) is 0 Å². The molecule has 1 N–H and O–H groups in total. The summed E-state index contributed by atoms with van der Waals surface area (Å²) in [6.07, 6.45) is 5.27. The first-order valence-electron chi connectivity index (χ1n) is 7.97. The van der Waals surface area contributed by atoms with Crippen molar-refractivity contribution in [2.24, 2.45) is 5.41 Å². The standard InChI is InChI=1S/C16H35NO3/c1-5-6-7-8-16(2,3)15-17-9-10-19-13-14-20-12-11-18-4/h17H,5-15H2,1-4H3. The molecule has 0 saturated heterocycles. The number of nitrogens with one attached hydrogen (secondary N) is 1. The van der Waals surface area contributed by atoms with Crippen LogP contribution in [0.3, 0.4) is 0 Å². The average Bonchev–Trinajstić information content (AvgIpc) is 2.41. The molecule has 4 heteroatoms. The maximum absolute atomic E-state index is 5.50. The number of unbranched alkanes of at least 4 members (excludes halogenated alkanes) is 2. The normalized spacial score (nSPS) is 12.0. The van der Waals surface area contributed by atoms with E-state index in [9.17, 15) is 0 Å². The van der Waals surface area contributed by atoms with Gasteiger partial charge in [0, 0.05) is 20.2 Å². The number of hydrogen-bond acceptors (Lipinski definition) is 4. The first kappa shape index (κ1) is 19.8. The Morgan fingerprint density at radius 2 is 1.55 bits per heavy atom. The highest BCUT2D eigenvalue weighted by molar-refractivity contribution is 4.71. The molecule has 0 unspecified atom stereocenters. The van der Waals surface area contributed by atoms with Crippen molar-refractivity contribution in [3.8, 4) is 0 Å². The molecule has 0 amide bonds. The first-order valence-corrected chi connectivity index (χ1v) is 7.97. The Bertz CT molecular complexity index is 198. The predicted octanol–water partition coefficient (Wildman–Crippen LogP) is 2.86. The van der Waals surface area contributed by atoms with Crippen LogP contribution < -0.4 is 5.32 Å². The molecule has 0 saturated carbocycles. The Morgan fingerprint density at radius 3 is 2.20 bits per heavy atom. The molecule has 0 rings (SSSR count). The second-order valence-corrected chi connectivity index (χ2v) is 6.02. The van der Waals surface area contributed by atoms with Crippen molar-refractivity contribution < 1.29 is 14.2 Å². The van der Waals surface area contributed by atoms with Crippen LogP contribution in [0.1, 0.15) is 46.5 Å². The first-order chi connectivity index (χ1) is 9.62. The van der Waals surface area contributed by atoms with E-state index in [0.29, 0.717) is 31.8 Å². The summed E-state index contributed by atoms with van der Waals surface area (Å²) in [6.45, 7) is 12.2. The topological polar surface area (TPSA) is 39.7 Å². The van der Waals surface area contributed by atoms with Crippen LogP contribution in [0.15, 0.2) is 0 Å². The summed E-state index contributed by atoms with van der Waals surface area (Å²) in [6, 6.07) is 0. The van der Waals surface area contributed by atoms with E-state index in [2.05, 4.69) is 26.1 Å². The van der Waals surface area contributed by atoms with Crippen LogP contribution in [-0.2, 0) is 14.2 Å². The predicted molar refractivity (Wildman–Crippen MR) is 84.3 cm³/mol. The van der Waals surface area contributed by atoms with E-state index >= 15 is 0 Å². The van der Waals surface area contributed by atoms with Crippen molar-refractivity contribution >= 4 is 0 Å². The van der Waals surface area contributed by atoms with Crippen molar-refractivity contribution in [1.29, 1.82) is 0 Å². The van der Waals surface area contributed by atoms with Gasteiger partial charge in [0.05, 0.1) is 33.0 Å². The Kier molecular flexibility index (Phi) is 13.7. The number of hydrogen-bond donors (Lipinski definition) is 1. The smallest absolute Gasteiger partial charge is 0.0701 e. The lowest BCUT2D eigenvalue weighted by Crippen LogP contribution is -2.31. The molecule has 0 aliphatic carbocycles. The van der Waals surface area contributed by atoms with Crippen molar-refractivity contribution in [2.75, 3.05) is 53.2 Å². The molecule has 20 heavy (non-hydrogen) atoms. The molecule has 0 aliphatic rings. The fourth-order valence-electron chi connectivity index (χ4n) is 1.98. The van der Waals surface area contributed by atoms with E-state index in [1.54, 1.807) is 7.11 Å². The quantitative estimate of drug-likeness (QED) is 0.471. The summed E-state index contributed by atoms with van der Waals surface area (Å²) in [5.74, 6) is 0. The van der Waals surface area contributed by atoms with Gasteiger partial charge in [-0.15, -0.1) is 0 Å². The summed E-state index contributed by atoms with van der Waals surface area (Å²) >= 11 is 0. The van der Waals surface area contributed by atoms with E-state index in [4.69, 9.17) is 14.2 Å². The second kappa shape index (κ2) is 13.8. The SMILES string of the molecule is CCCCCC(C)(C)CNCCOCCOCCOC. The number of rotatable bonds is 15. The fraction of sp³-hybridized carbons (Fsp3) is 1.00. The molecule has 0 atom stereocenters. The lowest BCUT2D eigenvalue weighted by Gasteiger charge is -2.25. The molecule has 4 nitrogen and oxygen atoms in total. The minimum atomic E-state index is 0.387. The summed E-state index contributed by atoms with van der Waals surface area (Å²) < 4.78 is 15.7. The molecule has 0 heterocycles. The van der Waals surface area contributed by atoms with Crippen LogP contribution in [0.2, 0.25) is 0 Å². The molecule has 0 spiro atoms. The summed E-state index contributed by atoms with van der Waals surface area (Å²) in [7, 11) is 1.68. The molecule has 0 bridgehead atoms. The van der Waals surface area contributed by atoms with Gasteiger partial charge < -0.3 is 19.5 Å². The van der Waals surface area contributed by atoms with Crippen molar-refractivity contribution in [3.63, 3.8) is 0 Å². The fourth-order valence-corrected chi connectivity index (χ4v) is 1.98.